The Bertz CT molecular complexity index is 109. The van der Waals surface area contributed by atoms with Crippen molar-refractivity contribution in [2.24, 2.45) is 5.92 Å². The van der Waals surface area contributed by atoms with Crippen molar-refractivity contribution < 1.29 is 9.47 Å². The standard InChI is InChI=1S/C11H23ClO2/c1-3-5-11(10-12)6-4-7-14-9-8-13-2/h11H,3-10H2,1-2H3. The van der Waals surface area contributed by atoms with E-state index in [1.807, 2.05) is 0 Å². The molecule has 0 amide bonds. The molecule has 0 aromatic carbocycles. The third-order valence-electron chi connectivity index (χ3n) is 2.25. The lowest BCUT2D eigenvalue weighted by atomic mass is 10.0. The van der Waals surface area contributed by atoms with Crippen molar-refractivity contribution in [2.45, 2.75) is 32.6 Å². The Hall–Kier alpha value is 0.210. The molecule has 0 bridgehead atoms. The van der Waals surface area contributed by atoms with Gasteiger partial charge in [0.25, 0.3) is 0 Å². The van der Waals surface area contributed by atoms with Crippen LogP contribution in [-0.2, 0) is 9.47 Å². The van der Waals surface area contributed by atoms with Gasteiger partial charge < -0.3 is 9.47 Å². The zero-order valence-corrected chi connectivity index (χ0v) is 10.2. The number of hydrogen-bond donors (Lipinski definition) is 0. The molecule has 0 fully saturated rings. The normalized spacial score (nSPS) is 13.1. The maximum atomic E-state index is 5.85. The molecule has 0 radical (unpaired) electrons. The Balaban J connectivity index is 3.15. The lowest BCUT2D eigenvalue weighted by Gasteiger charge is -2.12. The van der Waals surface area contributed by atoms with Crippen LogP contribution in [0.2, 0.25) is 0 Å². The van der Waals surface area contributed by atoms with Gasteiger partial charge in [0.05, 0.1) is 13.2 Å². The molecule has 0 saturated carbocycles. The molecule has 0 aliphatic heterocycles. The quantitative estimate of drug-likeness (QED) is 0.418. The molecular weight excluding hydrogens is 200 g/mol. The van der Waals surface area contributed by atoms with E-state index in [-0.39, 0.29) is 0 Å². The lowest BCUT2D eigenvalue weighted by molar-refractivity contribution is 0.0674. The predicted octanol–water partition coefficient (Wildman–Crippen LogP) is 3.08. The number of alkyl halides is 1. The summed E-state index contributed by atoms with van der Waals surface area (Å²) in [7, 11) is 1.69. The topological polar surface area (TPSA) is 18.5 Å². The van der Waals surface area contributed by atoms with Crippen LogP contribution in [0.25, 0.3) is 0 Å². The largest absolute Gasteiger partial charge is 0.382 e. The molecule has 1 unspecified atom stereocenters. The van der Waals surface area contributed by atoms with E-state index in [1.165, 1.54) is 19.3 Å². The maximum absolute atomic E-state index is 5.85. The molecule has 1 atom stereocenters. The third-order valence-corrected chi connectivity index (χ3v) is 2.68. The molecule has 86 valence electrons. The highest BCUT2D eigenvalue weighted by Crippen LogP contribution is 2.14. The smallest absolute Gasteiger partial charge is 0.0700 e. The number of methoxy groups -OCH3 is 1. The second-order valence-electron chi connectivity index (χ2n) is 3.56. The van der Waals surface area contributed by atoms with Crippen LogP contribution in [0.3, 0.4) is 0 Å². The predicted molar refractivity (Wildman–Crippen MR) is 61.0 cm³/mol. The maximum Gasteiger partial charge on any atom is 0.0700 e. The van der Waals surface area contributed by atoms with E-state index in [4.69, 9.17) is 21.1 Å². The Morgan fingerprint density at radius 3 is 2.50 bits per heavy atom. The highest BCUT2D eigenvalue weighted by atomic mass is 35.5. The van der Waals surface area contributed by atoms with Gasteiger partial charge in [-0.15, -0.1) is 11.6 Å². The van der Waals surface area contributed by atoms with Gasteiger partial charge in [-0.25, -0.2) is 0 Å². The van der Waals surface area contributed by atoms with Gasteiger partial charge in [-0.3, -0.25) is 0 Å². The molecule has 0 aliphatic carbocycles. The molecule has 0 rings (SSSR count). The summed E-state index contributed by atoms with van der Waals surface area (Å²) < 4.78 is 10.3. The van der Waals surface area contributed by atoms with Gasteiger partial charge in [0.1, 0.15) is 0 Å². The summed E-state index contributed by atoms with van der Waals surface area (Å²) in [4.78, 5) is 0. The molecule has 0 aromatic heterocycles. The van der Waals surface area contributed by atoms with Gasteiger partial charge in [-0.2, -0.15) is 0 Å². The minimum absolute atomic E-state index is 0.674. The zero-order chi connectivity index (χ0) is 10.6. The van der Waals surface area contributed by atoms with Gasteiger partial charge in [-0.05, 0) is 25.2 Å². The van der Waals surface area contributed by atoms with Gasteiger partial charge in [0.2, 0.25) is 0 Å². The van der Waals surface area contributed by atoms with E-state index in [9.17, 15) is 0 Å². The molecule has 0 saturated heterocycles. The second-order valence-corrected chi connectivity index (χ2v) is 3.87. The Morgan fingerprint density at radius 2 is 1.93 bits per heavy atom. The number of hydrogen-bond acceptors (Lipinski definition) is 2. The van der Waals surface area contributed by atoms with E-state index in [0.29, 0.717) is 19.1 Å². The van der Waals surface area contributed by atoms with Crippen LogP contribution in [0.5, 0.6) is 0 Å². The number of halogens is 1. The fourth-order valence-electron chi connectivity index (χ4n) is 1.43. The van der Waals surface area contributed by atoms with Crippen molar-refractivity contribution in [2.75, 3.05) is 32.8 Å². The van der Waals surface area contributed by atoms with E-state index in [2.05, 4.69) is 6.92 Å². The fraction of sp³-hybridized carbons (Fsp3) is 1.00. The molecule has 0 N–H and O–H groups in total. The van der Waals surface area contributed by atoms with Crippen molar-refractivity contribution in [3.63, 3.8) is 0 Å². The van der Waals surface area contributed by atoms with Gasteiger partial charge in [0, 0.05) is 19.6 Å². The zero-order valence-electron chi connectivity index (χ0n) is 9.43. The van der Waals surface area contributed by atoms with Crippen molar-refractivity contribution in [3.05, 3.63) is 0 Å². The second kappa shape index (κ2) is 11.3. The monoisotopic (exact) mass is 222 g/mol. The van der Waals surface area contributed by atoms with Gasteiger partial charge in [-0.1, -0.05) is 13.3 Å². The third kappa shape index (κ3) is 8.79. The number of rotatable bonds is 10. The van der Waals surface area contributed by atoms with Gasteiger partial charge in [0.15, 0.2) is 0 Å². The Labute approximate surface area is 92.9 Å². The fourth-order valence-corrected chi connectivity index (χ4v) is 1.73. The molecular formula is C11H23ClO2. The SMILES string of the molecule is CCCC(CCl)CCCOCCOC. The summed E-state index contributed by atoms with van der Waals surface area (Å²) in [5.41, 5.74) is 0. The summed E-state index contributed by atoms with van der Waals surface area (Å²) in [5, 5.41) is 0. The van der Waals surface area contributed by atoms with Crippen LogP contribution < -0.4 is 0 Å². The Kier molecular flexibility index (Phi) is 11.5. The first-order valence-corrected chi connectivity index (χ1v) is 6.01. The first kappa shape index (κ1) is 14.2. The van der Waals surface area contributed by atoms with Crippen LogP contribution in [0.4, 0.5) is 0 Å². The van der Waals surface area contributed by atoms with Crippen LogP contribution >= 0.6 is 11.6 Å². The van der Waals surface area contributed by atoms with Crippen LogP contribution in [0.1, 0.15) is 32.6 Å². The van der Waals surface area contributed by atoms with Crippen molar-refractivity contribution in [1.82, 2.24) is 0 Å². The number of ether oxygens (including phenoxy) is 2. The van der Waals surface area contributed by atoms with E-state index in [1.54, 1.807) is 7.11 Å². The highest BCUT2D eigenvalue weighted by molar-refractivity contribution is 6.18. The van der Waals surface area contributed by atoms with Crippen LogP contribution in [-0.4, -0.2) is 32.8 Å². The average Bonchev–Trinajstić information content (AvgIpc) is 2.21. The lowest BCUT2D eigenvalue weighted by Crippen LogP contribution is -2.06. The summed E-state index contributed by atoms with van der Waals surface area (Å²) in [6.45, 7) is 4.43. The highest BCUT2D eigenvalue weighted by Gasteiger charge is 2.05. The molecule has 0 spiro atoms. The van der Waals surface area contributed by atoms with Crippen molar-refractivity contribution >= 4 is 11.6 Å². The van der Waals surface area contributed by atoms with Crippen molar-refractivity contribution in [3.8, 4) is 0 Å². The molecule has 0 aliphatic rings. The summed E-state index contributed by atoms with van der Waals surface area (Å²) in [5.74, 6) is 1.46. The molecule has 14 heavy (non-hydrogen) atoms. The molecule has 0 aromatic rings. The van der Waals surface area contributed by atoms with Crippen molar-refractivity contribution in [1.29, 1.82) is 0 Å². The first-order chi connectivity index (χ1) is 6.85. The first-order valence-electron chi connectivity index (χ1n) is 5.47. The average molecular weight is 223 g/mol. The van der Waals surface area contributed by atoms with E-state index >= 15 is 0 Å². The van der Waals surface area contributed by atoms with E-state index < -0.39 is 0 Å². The van der Waals surface area contributed by atoms with Gasteiger partial charge >= 0.3 is 0 Å². The molecule has 3 heteroatoms. The van der Waals surface area contributed by atoms with E-state index in [0.717, 1.165) is 18.9 Å². The molecule has 2 nitrogen and oxygen atoms in total. The van der Waals surface area contributed by atoms with Crippen LogP contribution in [0, 0.1) is 5.92 Å². The Morgan fingerprint density at radius 1 is 1.14 bits per heavy atom. The summed E-state index contributed by atoms with van der Waals surface area (Å²) in [6, 6.07) is 0. The molecule has 0 heterocycles. The summed E-state index contributed by atoms with van der Waals surface area (Å²) >= 11 is 5.85. The summed E-state index contributed by atoms with van der Waals surface area (Å²) in [6.07, 6.45) is 4.76. The minimum atomic E-state index is 0.674. The minimum Gasteiger partial charge on any atom is -0.382 e. The van der Waals surface area contributed by atoms with Crippen LogP contribution in [0.15, 0.2) is 0 Å².